The fourth-order valence-electron chi connectivity index (χ4n) is 2.35. The molecule has 0 radical (unpaired) electrons. The van der Waals surface area contributed by atoms with E-state index in [-0.39, 0.29) is 6.61 Å². The normalized spacial score (nSPS) is 10.9. The van der Waals surface area contributed by atoms with E-state index < -0.39 is 0 Å². The lowest BCUT2D eigenvalue weighted by Gasteiger charge is -2.04. The van der Waals surface area contributed by atoms with E-state index in [9.17, 15) is 5.11 Å². The van der Waals surface area contributed by atoms with Gasteiger partial charge in [0.1, 0.15) is 11.4 Å². The minimum absolute atomic E-state index is 0.0588. The molecule has 0 saturated carbocycles. The van der Waals surface area contributed by atoms with Gasteiger partial charge in [0.15, 0.2) is 0 Å². The van der Waals surface area contributed by atoms with Crippen molar-refractivity contribution in [3.63, 3.8) is 0 Å². The van der Waals surface area contributed by atoms with Crippen LogP contribution in [0.2, 0.25) is 0 Å². The predicted octanol–water partition coefficient (Wildman–Crippen LogP) is 2.81. The Morgan fingerprint density at radius 2 is 2.10 bits per heavy atom. The monoisotopic (exact) mass is 268 g/mol. The summed E-state index contributed by atoms with van der Waals surface area (Å²) in [4.78, 5) is 4.64. The van der Waals surface area contributed by atoms with Crippen molar-refractivity contribution in [3.05, 3.63) is 53.9 Å². The van der Waals surface area contributed by atoms with Gasteiger partial charge in [0.2, 0.25) is 0 Å². The number of ether oxygens (including phenoxy) is 1. The maximum absolute atomic E-state index is 9.67. The van der Waals surface area contributed by atoms with Gasteiger partial charge in [-0.15, -0.1) is 0 Å². The van der Waals surface area contributed by atoms with Crippen LogP contribution in [0.5, 0.6) is 5.75 Å². The van der Waals surface area contributed by atoms with Crippen molar-refractivity contribution in [2.45, 2.75) is 13.5 Å². The number of hydrogen-bond acceptors (Lipinski definition) is 3. The molecule has 0 fully saturated rings. The van der Waals surface area contributed by atoms with Crippen LogP contribution in [-0.2, 0) is 6.61 Å². The molecule has 0 saturated heterocycles. The van der Waals surface area contributed by atoms with Gasteiger partial charge in [-0.3, -0.25) is 0 Å². The fourth-order valence-corrected chi connectivity index (χ4v) is 2.35. The van der Waals surface area contributed by atoms with Crippen molar-refractivity contribution < 1.29 is 9.84 Å². The number of benzene rings is 1. The average molecular weight is 268 g/mol. The molecule has 3 aromatic rings. The molecule has 1 aromatic carbocycles. The van der Waals surface area contributed by atoms with Crippen molar-refractivity contribution in [2.75, 3.05) is 7.11 Å². The number of nitrogens with zero attached hydrogens (tertiary/aromatic N) is 2. The maximum Gasteiger partial charge on any atom is 0.138 e. The Hall–Kier alpha value is -2.33. The molecule has 2 aromatic heterocycles. The van der Waals surface area contributed by atoms with Crippen molar-refractivity contribution in [1.82, 2.24) is 9.38 Å². The zero-order chi connectivity index (χ0) is 14.1. The number of aromatic nitrogens is 2. The van der Waals surface area contributed by atoms with Crippen molar-refractivity contribution in [1.29, 1.82) is 0 Å². The Morgan fingerprint density at radius 3 is 2.85 bits per heavy atom. The Labute approximate surface area is 117 Å². The summed E-state index contributed by atoms with van der Waals surface area (Å²) in [6.07, 6.45) is 1.94. The second kappa shape index (κ2) is 4.98. The largest absolute Gasteiger partial charge is 0.497 e. The first-order valence-electron chi connectivity index (χ1n) is 6.46. The minimum Gasteiger partial charge on any atom is -0.497 e. The predicted molar refractivity (Wildman–Crippen MR) is 77.8 cm³/mol. The first-order chi connectivity index (χ1) is 9.72. The number of aliphatic hydroxyl groups excluding tert-OH is 1. The number of methoxy groups -OCH3 is 1. The first-order valence-corrected chi connectivity index (χ1v) is 6.46. The lowest BCUT2D eigenvalue weighted by atomic mass is 10.1. The first kappa shape index (κ1) is 12.7. The molecule has 0 spiro atoms. The number of hydrogen-bond donors (Lipinski definition) is 1. The molecule has 0 bridgehead atoms. The van der Waals surface area contributed by atoms with Gasteiger partial charge in [0.25, 0.3) is 0 Å². The molecule has 4 heteroatoms. The summed E-state index contributed by atoms with van der Waals surface area (Å²) in [6, 6.07) is 11.7. The van der Waals surface area contributed by atoms with Crippen LogP contribution in [-0.4, -0.2) is 21.6 Å². The second-order valence-electron chi connectivity index (χ2n) is 4.73. The highest BCUT2D eigenvalue weighted by molar-refractivity contribution is 5.68. The molecule has 0 aliphatic rings. The maximum atomic E-state index is 9.67. The Morgan fingerprint density at radius 1 is 1.25 bits per heavy atom. The van der Waals surface area contributed by atoms with Gasteiger partial charge in [-0.1, -0.05) is 12.1 Å². The average Bonchev–Trinajstić information content (AvgIpc) is 2.84. The third-order valence-corrected chi connectivity index (χ3v) is 3.37. The lowest BCUT2D eigenvalue weighted by Crippen LogP contribution is -1.94. The molecule has 0 amide bonds. The summed E-state index contributed by atoms with van der Waals surface area (Å²) in [7, 11) is 1.64. The van der Waals surface area contributed by atoms with Crippen LogP contribution in [0.4, 0.5) is 0 Å². The number of pyridine rings is 1. The van der Waals surface area contributed by atoms with E-state index in [1.165, 1.54) is 0 Å². The van der Waals surface area contributed by atoms with Crippen molar-refractivity contribution >= 4 is 5.65 Å². The molecule has 0 aliphatic heterocycles. The molecule has 1 N–H and O–H groups in total. The third-order valence-electron chi connectivity index (χ3n) is 3.37. The lowest BCUT2D eigenvalue weighted by molar-refractivity contribution is 0.276. The fraction of sp³-hybridized carbons (Fsp3) is 0.188. The second-order valence-corrected chi connectivity index (χ2v) is 4.73. The van der Waals surface area contributed by atoms with Gasteiger partial charge in [0.05, 0.1) is 25.1 Å². The zero-order valence-electron chi connectivity index (χ0n) is 11.5. The summed E-state index contributed by atoms with van der Waals surface area (Å²) in [5, 5.41) is 9.67. The number of rotatable bonds is 3. The summed E-state index contributed by atoms with van der Waals surface area (Å²) >= 11 is 0. The molecule has 0 unspecified atom stereocenters. The smallest absolute Gasteiger partial charge is 0.138 e. The van der Waals surface area contributed by atoms with Gasteiger partial charge in [-0.05, 0) is 36.8 Å². The standard InChI is InChI=1S/C16H16N2O2/c1-11-6-7-18-14(10-19)16(17-15(18)8-11)12-4-3-5-13(9-12)20-2/h3-9,19H,10H2,1-2H3. The minimum atomic E-state index is -0.0588. The molecule has 0 atom stereocenters. The highest BCUT2D eigenvalue weighted by Crippen LogP contribution is 2.27. The number of aryl methyl sites for hydroxylation is 1. The molecule has 4 nitrogen and oxygen atoms in total. The van der Waals surface area contributed by atoms with E-state index in [1.807, 2.05) is 53.9 Å². The third kappa shape index (κ3) is 2.04. The topological polar surface area (TPSA) is 46.8 Å². The van der Waals surface area contributed by atoms with Crippen LogP contribution < -0.4 is 4.74 Å². The van der Waals surface area contributed by atoms with E-state index in [2.05, 4.69) is 4.98 Å². The van der Waals surface area contributed by atoms with E-state index >= 15 is 0 Å². The van der Waals surface area contributed by atoms with Crippen LogP contribution in [0.15, 0.2) is 42.6 Å². The van der Waals surface area contributed by atoms with Gasteiger partial charge in [-0.2, -0.15) is 0 Å². The van der Waals surface area contributed by atoms with Crippen LogP contribution >= 0.6 is 0 Å². The SMILES string of the molecule is COc1cccc(-c2nc3cc(C)ccn3c2CO)c1. The molecule has 102 valence electrons. The molecule has 20 heavy (non-hydrogen) atoms. The highest BCUT2D eigenvalue weighted by atomic mass is 16.5. The van der Waals surface area contributed by atoms with Gasteiger partial charge >= 0.3 is 0 Å². The molecule has 2 heterocycles. The van der Waals surface area contributed by atoms with E-state index in [0.717, 1.165) is 33.9 Å². The molecular weight excluding hydrogens is 252 g/mol. The number of aliphatic hydroxyl groups is 1. The summed E-state index contributed by atoms with van der Waals surface area (Å²) < 4.78 is 7.16. The Balaban J connectivity index is 2.24. The van der Waals surface area contributed by atoms with E-state index in [1.54, 1.807) is 7.11 Å². The van der Waals surface area contributed by atoms with Crippen LogP contribution in [0.3, 0.4) is 0 Å². The van der Waals surface area contributed by atoms with E-state index in [0.29, 0.717) is 0 Å². The van der Waals surface area contributed by atoms with Crippen LogP contribution in [0, 0.1) is 6.92 Å². The highest BCUT2D eigenvalue weighted by Gasteiger charge is 2.13. The van der Waals surface area contributed by atoms with Crippen LogP contribution in [0.1, 0.15) is 11.3 Å². The molecule has 3 rings (SSSR count). The summed E-state index contributed by atoms with van der Waals surface area (Å²) in [5.41, 5.74) is 4.50. The van der Waals surface area contributed by atoms with Crippen molar-refractivity contribution in [2.24, 2.45) is 0 Å². The van der Waals surface area contributed by atoms with Gasteiger partial charge in [-0.25, -0.2) is 4.98 Å². The van der Waals surface area contributed by atoms with Gasteiger partial charge < -0.3 is 14.2 Å². The quantitative estimate of drug-likeness (QED) is 0.794. The van der Waals surface area contributed by atoms with Crippen LogP contribution in [0.25, 0.3) is 16.9 Å². The Kier molecular flexibility index (Phi) is 3.16. The summed E-state index contributed by atoms with van der Waals surface area (Å²) in [6.45, 7) is 1.97. The summed E-state index contributed by atoms with van der Waals surface area (Å²) in [5.74, 6) is 0.777. The number of imidazole rings is 1. The van der Waals surface area contributed by atoms with Crippen molar-refractivity contribution in [3.8, 4) is 17.0 Å². The van der Waals surface area contributed by atoms with E-state index in [4.69, 9.17) is 4.74 Å². The zero-order valence-corrected chi connectivity index (χ0v) is 11.5. The Bertz CT molecular complexity index is 762. The number of fused-ring (bicyclic) bond motifs is 1. The molecule has 0 aliphatic carbocycles. The van der Waals surface area contributed by atoms with Gasteiger partial charge in [0, 0.05) is 11.8 Å². The molecular formula is C16H16N2O2.